The molecule has 1 aromatic rings. The minimum atomic E-state index is -0.126. The highest BCUT2D eigenvalue weighted by Crippen LogP contribution is 2.17. The van der Waals surface area contributed by atoms with Gasteiger partial charge in [0.15, 0.2) is 5.78 Å². The molecule has 0 heterocycles. The fourth-order valence-electron chi connectivity index (χ4n) is 1.23. The molecule has 0 aliphatic rings. The van der Waals surface area contributed by atoms with Gasteiger partial charge in [-0.05, 0) is 31.2 Å². The average Bonchev–Trinajstić information content (AvgIpc) is 2.27. The van der Waals surface area contributed by atoms with Crippen molar-refractivity contribution in [1.29, 1.82) is 0 Å². The van der Waals surface area contributed by atoms with Crippen LogP contribution in [-0.4, -0.2) is 12.9 Å². The number of Topliss-reactive ketones (excluding diaryl/α,β-unsaturated/α-hetero) is 1. The molecule has 0 fully saturated rings. The topological polar surface area (TPSA) is 26.3 Å². The maximum Gasteiger partial charge on any atom is 0.169 e. The number of hydrogen-bond acceptors (Lipinski definition) is 2. The molecule has 80 valence electrons. The lowest BCUT2D eigenvalue weighted by atomic mass is 9.94. The molecule has 1 unspecified atom stereocenters. The number of ether oxygens (including phenoxy) is 1. The van der Waals surface area contributed by atoms with Crippen molar-refractivity contribution >= 4 is 5.78 Å². The van der Waals surface area contributed by atoms with Crippen molar-refractivity contribution in [2.45, 2.75) is 13.8 Å². The molecular formula is C13H16O2. The van der Waals surface area contributed by atoms with Gasteiger partial charge in [-0.15, -0.1) is 0 Å². The van der Waals surface area contributed by atoms with Gasteiger partial charge in [0, 0.05) is 11.5 Å². The van der Waals surface area contributed by atoms with E-state index >= 15 is 0 Å². The summed E-state index contributed by atoms with van der Waals surface area (Å²) in [7, 11) is 1.60. The van der Waals surface area contributed by atoms with E-state index in [-0.39, 0.29) is 11.7 Å². The zero-order valence-corrected chi connectivity index (χ0v) is 9.41. The van der Waals surface area contributed by atoms with Crippen LogP contribution in [0.15, 0.2) is 36.4 Å². The molecule has 0 N–H and O–H groups in total. The van der Waals surface area contributed by atoms with Crippen LogP contribution in [0.4, 0.5) is 0 Å². The third-order valence-electron chi connectivity index (χ3n) is 2.51. The van der Waals surface area contributed by atoms with Crippen LogP contribution in [0.1, 0.15) is 24.2 Å². The van der Waals surface area contributed by atoms with Crippen molar-refractivity contribution in [3.05, 3.63) is 42.0 Å². The lowest BCUT2D eigenvalue weighted by Crippen LogP contribution is -2.11. The Morgan fingerprint density at radius 1 is 1.33 bits per heavy atom. The van der Waals surface area contributed by atoms with Gasteiger partial charge < -0.3 is 4.74 Å². The summed E-state index contributed by atoms with van der Waals surface area (Å²) in [6, 6.07) is 7.14. The lowest BCUT2D eigenvalue weighted by molar-refractivity contribution is 0.0948. The van der Waals surface area contributed by atoms with Crippen LogP contribution >= 0.6 is 0 Å². The number of carbonyl (C=O) groups excluding carboxylic acids is 1. The van der Waals surface area contributed by atoms with Crippen molar-refractivity contribution in [3.8, 4) is 5.75 Å². The van der Waals surface area contributed by atoms with E-state index in [2.05, 4.69) is 6.58 Å². The molecule has 1 atom stereocenters. The molecule has 0 aliphatic heterocycles. The standard InChI is InChI=1S/C13H16O2/c1-9(2)10(3)13(14)11-5-7-12(15-4)8-6-11/h5-8,10H,1H2,2-4H3. The summed E-state index contributed by atoms with van der Waals surface area (Å²) in [4.78, 5) is 11.9. The zero-order chi connectivity index (χ0) is 11.4. The second-order valence-corrected chi connectivity index (χ2v) is 3.66. The number of methoxy groups -OCH3 is 1. The number of benzene rings is 1. The summed E-state index contributed by atoms with van der Waals surface area (Å²) >= 11 is 0. The molecule has 0 saturated heterocycles. The normalized spacial score (nSPS) is 11.9. The van der Waals surface area contributed by atoms with Gasteiger partial charge in [0.2, 0.25) is 0 Å². The van der Waals surface area contributed by atoms with Crippen LogP contribution in [0.5, 0.6) is 5.75 Å². The summed E-state index contributed by atoms with van der Waals surface area (Å²) in [6.07, 6.45) is 0. The first-order valence-electron chi connectivity index (χ1n) is 4.90. The molecule has 15 heavy (non-hydrogen) atoms. The van der Waals surface area contributed by atoms with Crippen LogP contribution in [0.3, 0.4) is 0 Å². The summed E-state index contributed by atoms with van der Waals surface area (Å²) in [6.45, 7) is 7.53. The van der Waals surface area contributed by atoms with Gasteiger partial charge in [0.25, 0.3) is 0 Å². The molecule has 0 aromatic heterocycles. The Morgan fingerprint density at radius 2 is 1.87 bits per heavy atom. The molecule has 0 amide bonds. The van der Waals surface area contributed by atoms with Crippen molar-refractivity contribution < 1.29 is 9.53 Å². The number of carbonyl (C=O) groups is 1. The van der Waals surface area contributed by atoms with E-state index in [0.29, 0.717) is 5.56 Å². The monoisotopic (exact) mass is 204 g/mol. The van der Waals surface area contributed by atoms with E-state index in [1.165, 1.54) is 0 Å². The first kappa shape index (κ1) is 11.5. The van der Waals surface area contributed by atoms with Crippen molar-refractivity contribution in [1.82, 2.24) is 0 Å². The fraction of sp³-hybridized carbons (Fsp3) is 0.308. The van der Waals surface area contributed by atoms with E-state index in [0.717, 1.165) is 11.3 Å². The summed E-state index contributed by atoms with van der Waals surface area (Å²) in [5.41, 5.74) is 1.59. The highest BCUT2D eigenvalue weighted by molar-refractivity contribution is 5.99. The first-order valence-corrected chi connectivity index (χ1v) is 4.90. The average molecular weight is 204 g/mol. The molecule has 0 aliphatic carbocycles. The molecule has 1 rings (SSSR count). The molecule has 1 aromatic carbocycles. The van der Waals surface area contributed by atoms with E-state index in [1.807, 2.05) is 13.8 Å². The third kappa shape index (κ3) is 2.69. The van der Waals surface area contributed by atoms with Crippen LogP contribution in [0.25, 0.3) is 0 Å². The van der Waals surface area contributed by atoms with E-state index in [1.54, 1.807) is 31.4 Å². The molecule has 0 bridgehead atoms. The smallest absolute Gasteiger partial charge is 0.169 e. The van der Waals surface area contributed by atoms with Crippen molar-refractivity contribution in [3.63, 3.8) is 0 Å². The maximum atomic E-state index is 11.9. The van der Waals surface area contributed by atoms with Gasteiger partial charge in [0.05, 0.1) is 7.11 Å². The predicted octanol–water partition coefficient (Wildman–Crippen LogP) is 3.09. The molecular weight excluding hydrogens is 188 g/mol. The van der Waals surface area contributed by atoms with Crippen LogP contribution in [0, 0.1) is 5.92 Å². The molecule has 2 heteroatoms. The van der Waals surface area contributed by atoms with Gasteiger partial charge in [-0.1, -0.05) is 19.1 Å². The Labute approximate surface area is 90.6 Å². The maximum absolute atomic E-state index is 11.9. The summed E-state index contributed by atoms with van der Waals surface area (Å²) < 4.78 is 5.03. The SMILES string of the molecule is C=C(C)C(C)C(=O)c1ccc(OC)cc1. The number of rotatable bonds is 4. The Bertz CT molecular complexity index is 363. The first-order chi connectivity index (χ1) is 7.06. The highest BCUT2D eigenvalue weighted by Gasteiger charge is 2.15. The van der Waals surface area contributed by atoms with Crippen LogP contribution in [-0.2, 0) is 0 Å². The second kappa shape index (κ2) is 4.78. The van der Waals surface area contributed by atoms with E-state index in [9.17, 15) is 4.79 Å². The molecule has 0 radical (unpaired) electrons. The molecule has 0 spiro atoms. The summed E-state index contributed by atoms with van der Waals surface area (Å²) in [5, 5.41) is 0. The molecule has 2 nitrogen and oxygen atoms in total. The van der Waals surface area contributed by atoms with Gasteiger partial charge in [0.1, 0.15) is 5.75 Å². The van der Waals surface area contributed by atoms with Gasteiger partial charge in [-0.2, -0.15) is 0 Å². The highest BCUT2D eigenvalue weighted by atomic mass is 16.5. The van der Waals surface area contributed by atoms with Gasteiger partial charge in [-0.25, -0.2) is 0 Å². The van der Waals surface area contributed by atoms with Crippen LogP contribution < -0.4 is 4.74 Å². The second-order valence-electron chi connectivity index (χ2n) is 3.66. The van der Waals surface area contributed by atoms with E-state index in [4.69, 9.17) is 4.74 Å². The van der Waals surface area contributed by atoms with Crippen molar-refractivity contribution in [2.75, 3.05) is 7.11 Å². The molecule has 0 saturated carbocycles. The zero-order valence-electron chi connectivity index (χ0n) is 9.41. The van der Waals surface area contributed by atoms with Gasteiger partial charge >= 0.3 is 0 Å². The quantitative estimate of drug-likeness (QED) is 0.556. The number of hydrogen-bond donors (Lipinski definition) is 0. The Morgan fingerprint density at radius 3 is 2.27 bits per heavy atom. The Balaban J connectivity index is 2.87. The Hall–Kier alpha value is -1.57. The summed E-state index contributed by atoms with van der Waals surface area (Å²) in [5.74, 6) is 0.734. The largest absolute Gasteiger partial charge is 0.497 e. The van der Waals surface area contributed by atoms with E-state index < -0.39 is 0 Å². The minimum absolute atomic E-state index is 0.102. The number of allylic oxidation sites excluding steroid dienone is 1. The lowest BCUT2D eigenvalue weighted by Gasteiger charge is -2.10. The number of ketones is 1. The third-order valence-corrected chi connectivity index (χ3v) is 2.51. The Kier molecular flexibility index (Phi) is 3.67. The van der Waals surface area contributed by atoms with Crippen LogP contribution in [0.2, 0.25) is 0 Å². The van der Waals surface area contributed by atoms with Crippen molar-refractivity contribution in [2.24, 2.45) is 5.92 Å². The van der Waals surface area contributed by atoms with Gasteiger partial charge in [-0.3, -0.25) is 4.79 Å². The predicted molar refractivity (Wildman–Crippen MR) is 61.3 cm³/mol. The minimum Gasteiger partial charge on any atom is -0.497 e. The fourth-order valence-corrected chi connectivity index (χ4v) is 1.23.